The molecule has 6 nitrogen and oxygen atoms in total. The highest BCUT2D eigenvalue weighted by molar-refractivity contribution is 7.91. The molecule has 0 saturated carbocycles. The van der Waals surface area contributed by atoms with Crippen molar-refractivity contribution in [2.24, 2.45) is 0 Å². The number of benzene rings is 2. The van der Waals surface area contributed by atoms with Gasteiger partial charge in [-0.2, -0.15) is 0 Å². The fraction of sp³-hybridized carbons (Fsp3) is 0. The summed E-state index contributed by atoms with van der Waals surface area (Å²) < 4.78 is 24.8. The van der Waals surface area contributed by atoms with Crippen molar-refractivity contribution in [2.75, 3.05) is 0 Å². The van der Waals surface area contributed by atoms with Crippen molar-refractivity contribution in [1.29, 1.82) is 0 Å². The molecule has 0 amide bonds. The molecule has 2 aromatic carbocycles. The first kappa shape index (κ1) is 16.0. The highest BCUT2D eigenvalue weighted by Gasteiger charge is 2.23. The summed E-state index contributed by atoms with van der Waals surface area (Å²) in [6, 6.07) is 8.17. The molecule has 0 heterocycles. The van der Waals surface area contributed by atoms with Crippen LogP contribution in [0.5, 0.6) is 0 Å². The van der Waals surface area contributed by atoms with E-state index in [1.807, 2.05) is 0 Å². The van der Waals surface area contributed by atoms with E-state index in [4.69, 9.17) is 21.8 Å². The van der Waals surface area contributed by atoms with Crippen molar-refractivity contribution < 1.29 is 28.2 Å². The van der Waals surface area contributed by atoms with Crippen molar-refractivity contribution in [2.45, 2.75) is 9.79 Å². The lowest BCUT2D eigenvalue weighted by atomic mass is 10.1. The van der Waals surface area contributed by atoms with Crippen LogP contribution >= 0.6 is 11.6 Å². The lowest BCUT2D eigenvalue weighted by Gasteiger charge is -2.07. The van der Waals surface area contributed by atoms with Crippen LogP contribution in [0.4, 0.5) is 0 Å². The van der Waals surface area contributed by atoms with Gasteiger partial charge in [0.2, 0.25) is 9.84 Å². The third-order valence-corrected chi connectivity index (χ3v) is 4.91. The van der Waals surface area contributed by atoms with Crippen molar-refractivity contribution in [3.05, 3.63) is 58.6 Å². The Labute approximate surface area is 130 Å². The Morgan fingerprint density at radius 2 is 1.32 bits per heavy atom. The zero-order valence-corrected chi connectivity index (χ0v) is 12.4. The average Bonchev–Trinajstić information content (AvgIpc) is 2.46. The minimum absolute atomic E-state index is 0.0729. The van der Waals surface area contributed by atoms with E-state index in [0.717, 1.165) is 18.2 Å². The second kappa shape index (κ2) is 5.78. The van der Waals surface area contributed by atoms with Crippen LogP contribution in [-0.4, -0.2) is 30.6 Å². The van der Waals surface area contributed by atoms with Gasteiger partial charge in [-0.05, 0) is 42.5 Å². The van der Waals surface area contributed by atoms with Crippen LogP contribution in [0.1, 0.15) is 20.7 Å². The second-order valence-electron chi connectivity index (χ2n) is 4.28. The predicted molar refractivity (Wildman–Crippen MR) is 77.3 cm³/mol. The second-order valence-corrected chi connectivity index (χ2v) is 6.66. The normalized spacial score (nSPS) is 11.1. The SMILES string of the molecule is O=C(O)c1ccc(S(=O)(=O)c2ccc(Cl)cc2)cc1C(=O)O. The zero-order valence-electron chi connectivity index (χ0n) is 10.9. The molecule has 2 rings (SSSR count). The maximum Gasteiger partial charge on any atom is 0.336 e. The monoisotopic (exact) mass is 340 g/mol. The van der Waals surface area contributed by atoms with Gasteiger partial charge in [0, 0.05) is 5.02 Å². The first-order valence-electron chi connectivity index (χ1n) is 5.85. The predicted octanol–water partition coefficient (Wildman–Crippen LogP) is 2.57. The standard InChI is InChI=1S/C14H9ClO6S/c15-8-1-3-9(4-2-8)22(20,21)10-5-6-11(13(16)17)12(7-10)14(18)19/h1-7H,(H,16,17)(H,18,19). The van der Waals surface area contributed by atoms with Crippen LogP contribution in [0.3, 0.4) is 0 Å². The molecule has 0 aliphatic heterocycles. The van der Waals surface area contributed by atoms with Crippen molar-refractivity contribution >= 4 is 33.4 Å². The Balaban J connectivity index is 2.62. The van der Waals surface area contributed by atoms with E-state index in [1.54, 1.807) is 0 Å². The molecule has 8 heteroatoms. The minimum Gasteiger partial charge on any atom is -0.478 e. The van der Waals surface area contributed by atoms with Crippen LogP contribution < -0.4 is 0 Å². The highest BCUT2D eigenvalue weighted by atomic mass is 35.5. The summed E-state index contributed by atoms with van der Waals surface area (Å²) in [5.41, 5.74) is -1.08. The van der Waals surface area contributed by atoms with Gasteiger partial charge in [-0.15, -0.1) is 0 Å². The zero-order chi connectivity index (χ0) is 16.5. The summed E-state index contributed by atoms with van der Waals surface area (Å²) >= 11 is 5.69. The Bertz CT molecular complexity index is 855. The fourth-order valence-electron chi connectivity index (χ4n) is 1.80. The molecule has 0 aliphatic rings. The number of sulfone groups is 1. The van der Waals surface area contributed by atoms with E-state index in [0.29, 0.717) is 5.02 Å². The van der Waals surface area contributed by atoms with Gasteiger partial charge in [0.1, 0.15) is 0 Å². The molecule has 0 aliphatic carbocycles. The lowest BCUT2D eigenvalue weighted by molar-refractivity contribution is 0.0651. The van der Waals surface area contributed by atoms with Crippen LogP contribution in [0.25, 0.3) is 0 Å². The summed E-state index contributed by atoms with van der Waals surface area (Å²) in [4.78, 5) is 21.7. The molecule has 0 spiro atoms. The van der Waals surface area contributed by atoms with E-state index < -0.39 is 32.9 Å². The molecule has 2 aromatic rings. The van der Waals surface area contributed by atoms with Gasteiger partial charge in [-0.3, -0.25) is 0 Å². The molecule has 0 radical (unpaired) electrons. The molecule has 0 bridgehead atoms. The van der Waals surface area contributed by atoms with Gasteiger partial charge in [-0.1, -0.05) is 11.6 Å². The molecule has 0 saturated heterocycles. The first-order chi connectivity index (χ1) is 10.2. The Morgan fingerprint density at radius 3 is 1.82 bits per heavy atom. The Morgan fingerprint density at radius 1 is 0.818 bits per heavy atom. The van der Waals surface area contributed by atoms with Gasteiger partial charge in [0.05, 0.1) is 20.9 Å². The van der Waals surface area contributed by atoms with Crippen LogP contribution in [-0.2, 0) is 9.84 Å². The van der Waals surface area contributed by atoms with Gasteiger partial charge >= 0.3 is 11.9 Å². The fourth-order valence-corrected chi connectivity index (χ4v) is 3.22. The maximum atomic E-state index is 12.4. The molecule has 0 aromatic heterocycles. The number of carboxylic acids is 2. The number of hydrogen-bond donors (Lipinski definition) is 2. The van der Waals surface area contributed by atoms with E-state index in [-0.39, 0.29) is 9.79 Å². The summed E-state index contributed by atoms with van der Waals surface area (Å²) in [5.74, 6) is -2.97. The molecule has 114 valence electrons. The van der Waals surface area contributed by atoms with Crippen molar-refractivity contribution in [3.63, 3.8) is 0 Å². The molecular weight excluding hydrogens is 332 g/mol. The third kappa shape index (κ3) is 2.95. The van der Waals surface area contributed by atoms with Crippen LogP contribution in [0.15, 0.2) is 52.3 Å². The lowest BCUT2D eigenvalue weighted by Crippen LogP contribution is -2.10. The Kier molecular flexibility index (Phi) is 4.20. The van der Waals surface area contributed by atoms with E-state index in [2.05, 4.69) is 0 Å². The van der Waals surface area contributed by atoms with Gasteiger partial charge < -0.3 is 10.2 Å². The molecule has 0 fully saturated rings. The minimum atomic E-state index is -3.97. The topological polar surface area (TPSA) is 109 Å². The molecule has 22 heavy (non-hydrogen) atoms. The van der Waals surface area contributed by atoms with Crippen molar-refractivity contribution in [3.8, 4) is 0 Å². The average molecular weight is 341 g/mol. The van der Waals surface area contributed by atoms with Gasteiger partial charge in [-0.25, -0.2) is 18.0 Å². The summed E-state index contributed by atoms with van der Waals surface area (Å²) in [7, 11) is -3.97. The number of carbonyl (C=O) groups is 2. The first-order valence-corrected chi connectivity index (χ1v) is 7.71. The molecule has 0 atom stereocenters. The number of rotatable bonds is 4. The summed E-state index contributed by atoms with van der Waals surface area (Å²) in [5, 5.41) is 18.3. The molecule has 2 N–H and O–H groups in total. The maximum absolute atomic E-state index is 12.4. The number of carboxylic acid groups (broad SMARTS) is 2. The van der Waals surface area contributed by atoms with E-state index in [9.17, 15) is 18.0 Å². The van der Waals surface area contributed by atoms with E-state index in [1.165, 1.54) is 24.3 Å². The van der Waals surface area contributed by atoms with Crippen LogP contribution in [0.2, 0.25) is 5.02 Å². The smallest absolute Gasteiger partial charge is 0.336 e. The number of hydrogen-bond acceptors (Lipinski definition) is 4. The quantitative estimate of drug-likeness (QED) is 0.885. The Hall–Kier alpha value is -2.38. The number of halogens is 1. The van der Waals surface area contributed by atoms with E-state index >= 15 is 0 Å². The van der Waals surface area contributed by atoms with Gasteiger partial charge in [0.25, 0.3) is 0 Å². The van der Waals surface area contributed by atoms with Gasteiger partial charge in [0.15, 0.2) is 0 Å². The summed E-state index contributed by atoms with van der Waals surface area (Å²) in [6.07, 6.45) is 0. The van der Waals surface area contributed by atoms with Crippen LogP contribution in [0, 0.1) is 0 Å². The highest BCUT2D eigenvalue weighted by Crippen LogP contribution is 2.24. The summed E-state index contributed by atoms with van der Waals surface area (Å²) in [6.45, 7) is 0. The largest absolute Gasteiger partial charge is 0.478 e. The molecular formula is C14H9ClO6S. The molecule has 0 unspecified atom stereocenters. The number of aromatic carboxylic acids is 2. The third-order valence-electron chi connectivity index (χ3n) is 2.89. The van der Waals surface area contributed by atoms with Crippen molar-refractivity contribution in [1.82, 2.24) is 0 Å².